The van der Waals surface area contributed by atoms with E-state index in [9.17, 15) is 0 Å². The van der Waals surface area contributed by atoms with Crippen molar-refractivity contribution in [3.63, 3.8) is 0 Å². The van der Waals surface area contributed by atoms with E-state index in [4.69, 9.17) is 4.74 Å². The zero-order chi connectivity index (χ0) is 10.8. The average Bonchev–Trinajstić information content (AvgIpc) is 2.41. The Morgan fingerprint density at radius 2 is 2.20 bits per heavy atom. The first kappa shape index (κ1) is 10.4. The van der Waals surface area contributed by atoms with Crippen LogP contribution < -0.4 is 10.1 Å². The maximum atomic E-state index is 5.09. The molecule has 0 amide bonds. The first-order valence-corrected chi connectivity index (χ1v) is 5.34. The van der Waals surface area contributed by atoms with E-state index in [1.807, 2.05) is 6.92 Å². The quantitative estimate of drug-likeness (QED) is 0.752. The number of ether oxygens (including phenoxy) is 1. The summed E-state index contributed by atoms with van der Waals surface area (Å²) in [6, 6.07) is 1.03. The predicted molar refractivity (Wildman–Crippen MR) is 57.9 cm³/mol. The number of aromatic nitrogens is 2. The molecule has 0 aliphatic carbocycles. The first-order chi connectivity index (χ1) is 7.20. The topological polar surface area (TPSA) is 47.0 Å². The summed E-state index contributed by atoms with van der Waals surface area (Å²) in [5.41, 5.74) is 3.40. The van der Waals surface area contributed by atoms with Gasteiger partial charge >= 0.3 is 6.01 Å². The maximum absolute atomic E-state index is 5.09. The smallest absolute Gasteiger partial charge is 0.316 e. The number of aryl methyl sites for hydroxylation is 2. The molecule has 82 valence electrons. The van der Waals surface area contributed by atoms with Gasteiger partial charge in [0.1, 0.15) is 0 Å². The van der Waals surface area contributed by atoms with Gasteiger partial charge in [0.2, 0.25) is 0 Å². The van der Waals surface area contributed by atoms with E-state index in [1.165, 1.54) is 5.56 Å². The minimum Gasteiger partial charge on any atom is -0.467 e. The van der Waals surface area contributed by atoms with Gasteiger partial charge in [-0.05, 0) is 26.7 Å². The number of fused-ring (bicyclic) bond motifs is 1. The second kappa shape index (κ2) is 4.14. The van der Waals surface area contributed by atoms with E-state index in [0.29, 0.717) is 12.1 Å². The third-order valence-corrected chi connectivity index (χ3v) is 2.90. The van der Waals surface area contributed by atoms with Crippen LogP contribution in [0.4, 0.5) is 0 Å². The maximum Gasteiger partial charge on any atom is 0.316 e. The van der Waals surface area contributed by atoms with E-state index >= 15 is 0 Å². The van der Waals surface area contributed by atoms with Crippen molar-refractivity contribution in [3.8, 4) is 6.01 Å². The van der Waals surface area contributed by atoms with E-state index in [1.54, 1.807) is 7.11 Å². The molecule has 1 atom stereocenters. The molecule has 1 aromatic rings. The van der Waals surface area contributed by atoms with E-state index in [-0.39, 0.29) is 0 Å². The lowest BCUT2D eigenvalue weighted by Gasteiger charge is -2.09. The zero-order valence-electron chi connectivity index (χ0n) is 9.50. The van der Waals surface area contributed by atoms with Crippen LogP contribution in [0.1, 0.15) is 30.3 Å². The van der Waals surface area contributed by atoms with Gasteiger partial charge in [-0.25, -0.2) is 4.98 Å². The van der Waals surface area contributed by atoms with Crippen molar-refractivity contribution in [2.75, 3.05) is 7.11 Å². The number of hydrogen-bond donors (Lipinski definition) is 1. The molecule has 1 N–H and O–H groups in total. The SMILES string of the molecule is COc1nc(C)c2c(n1)CCC(C)NC2. The Labute approximate surface area is 90.1 Å². The molecule has 4 nitrogen and oxygen atoms in total. The molecule has 1 aliphatic heterocycles. The summed E-state index contributed by atoms with van der Waals surface area (Å²) in [5, 5.41) is 3.46. The minimum atomic E-state index is 0.487. The van der Waals surface area contributed by atoms with Crippen LogP contribution in [0.15, 0.2) is 0 Å². The van der Waals surface area contributed by atoms with Gasteiger partial charge in [0.05, 0.1) is 12.8 Å². The lowest BCUT2D eigenvalue weighted by molar-refractivity contribution is 0.376. The largest absolute Gasteiger partial charge is 0.467 e. The van der Waals surface area contributed by atoms with Crippen molar-refractivity contribution in [2.45, 2.75) is 39.3 Å². The molecule has 2 heterocycles. The van der Waals surface area contributed by atoms with Gasteiger partial charge in [-0.1, -0.05) is 0 Å². The molecule has 2 rings (SSSR count). The summed E-state index contributed by atoms with van der Waals surface area (Å²) in [6.07, 6.45) is 2.12. The third-order valence-electron chi connectivity index (χ3n) is 2.90. The van der Waals surface area contributed by atoms with Gasteiger partial charge < -0.3 is 10.1 Å². The van der Waals surface area contributed by atoms with E-state index in [2.05, 4.69) is 22.2 Å². The van der Waals surface area contributed by atoms with Gasteiger partial charge in [-0.15, -0.1) is 0 Å². The summed E-state index contributed by atoms with van der Waals surface area (Å²) in [7, 11) is 1.61. The van der Waals surface area contributed by atoms with Crippen molar-refractivity contribution >= 4 is 0 Å². The lowest BCUT2D eigenvalue weighted by atomic mass is 10.1. The molecule has 15 heavy (non-hydrogen) atoms. The van der Waals surface area contributed by atoms with Crippen LogP contribution in [0.2, 0.25) is 0 Å². The molecular formula is C11H17N3O. The van der Waals surface area contributed by atoms with E-state index in [0.717, 1.165) is 30.8 Å². The second-order valence-corrected chi connectivity index (χ2v) is 4.04. The second-order valence-electron chi connectivity index (χ2n) is 4.04. The fourth-order valence-electron chi connectivity index (χ4n) is 1.89. The highest BCUT2D eigenvalue weighted by Gasteiger charge is 2.17. The van der Waals surface area contributed by atoms with Crippen molar-refractivity contribution in [3.05, 3.63) is 17.0 Å². The normalized spacial score (nSPS) is 20.6. The van der Waals surface area contributed by atoms with Gasteiger partial charge in [-0.3, -0.25) is 0 Å². The van der Waals surface area contributed by atoms with Crippen molar-refractivity contribution in [1.82, 2.24) is 15.3 Å². The molecule has 0 fully saturated rings. The number of methoxy groups -OCH3 is 1. The van der Waals surface area contributed by atoms with Crippen LogP contribution in [0.25, 0.3) is 0 Å². The Kier molecular flexibility index (Phi) is 2.86. The minimum absolute atomic E-state index is 0.487. The summed E-state index contributed by atoms with van der Waals surface area (Å²) in [6.45, 7) is 5.08. The molecule has 0 bridgehead atoms. The Morgan fingerprint density at radius 3 is 2.93 bits per heavy atom. The summed E-state index contributed by atoms with van der Waals surface area (Å²) >= 11 is 0. The Balaban J connectivity index is 2.38. The molecule has 4 heteroatoms. The van der Waals surface area contributed by atoms with Crippen LogP contribution >= 0.6 is 0 Å². The fourth-order valence-corrected chi connectivity index (χ4v) is 1.89. The van der Waals surface area contributed by atoms with Crippen LogP contribution in [0.5, 0.6) is 6.01 Å². The standard InChI is InChI=1S/C11H17N3O/c1-7-4-5-10-9(6-12-7)8(2)13-11(14-10)15-3/h7,12H,4-6H2,1-3H3. The van der Waals surface area contributed by atoms with Gasteiger partial charge in [0.25, 0.3) is 0 Å². The Hall–Kier alpha value is -1.16. The predicted octanol–water partition coefficient (Wildman–Crippen LogP) is 1.22. The highest BCUT2D eigenvalue weighted by molar-refractivity contribution is 5.27. The molecule has 0 radical (unpaired) electrons. The molecule has 0 aromatic carbocycles. The number of nitrogens with zero attached hydrogens (tertiary/aromatic N) is 2. The van der Waals surface area contributed by atoms with Gasteiger partial charge in [0.15, 0.2) is 0 Å². The van der Waals surface area contributed by atoms with Gasteiger partial charge in [-0.2, -0.15) is 4.98 Å². The van der Waals surface area contributed by atoms with Crippen LogP contribution in [-0.4, -0.2) is 23.1 Å². The van der Waals surface area contributed by atoms with Gasteiger partial charge in [0, 0.05) is 23.8 Å². The van der Waals surface area contributed by atoms with Crippen LogP contribution in [0, 0.1) is 6.92 Å². The average molecular weight is 207 g/mol. The third kappa shape index (κ3) is 2.09. The summed E-state index contributed by atoms with van der Waals surface area (Å²) in [4.78, 5) is 8.71. The van der Waals surface area contributed by atoms with Crippen molar-refractivity contribution in [2.24, 2.45) is 0 Å². The molecule has 0 spiro atoms. The molecule has 0 saturated carbocycles. The van der Waals surface area contributed by atoms with Crippen molar-refractivity contribution < 1.29 is 4.74 Å². The van der Waals surface area contributed by atoms with Crippen molar-refractivity contribution in [1.29, 1.82) is 0 Å². The summed E-state index contributed by atoms with van der Waals surface area (Å²) in [5.74, 6) is 0. The lowest BCUT2D eigenvalue weighted by Crippen LogP contribution is -2.23. The molecule has 0 saturated heterocycles. The number of rotatable bonds is 1. The Bertz CT molecular complexity index is 365. The molecule has 1 aromatic heterocycles. The van der Waals surface area contributed by atoms with Crippen LogP contribution in [0.3, 0.4) is 0 Å². The number of hydrogen-bond acceptors (Lipinski definition) is 4. The molecule has 1 aliphatic rings. The van der Waals surface area contributed by atoms with Crippen LogP contribution in [-0.2, 0) is 13.0 Å². The monoisotopic (exact) mass is 207 g/mol. The highest BCUT2D eigenvalue weighted by atomic mass is 16.5. The van der Waals surface area contributed by atoms with E-state index < -0.39 is 0 Å². The number of nitrogens with one attached hydrogen (secondary N) is 1. The fraction of sp³-hybridized carbons (Fsp3) is 0.636. The molecular weight excluding hydrogens is 190 g/mol. The highest BCUT2D eigenvalue weighted by Crippen LogP contribution is 2.19. The molecule has 1 unspecified atom stereocenters. The Morgan fingerprint density at radius 1 is 1.40 bits per heavy atom. The zero-order valence-corrected chi connectivity index (χ0v) is 9.50. The summed E-state index contributed by atoms with van der Waals surface area (Å²) < 4.78 is 5.09. The first-order valence-electron chi connectivity index (χ1n) is 5.34.